The Morgan fingerprint density at radius 2 is 1.51 bits per heavy atom. The molecule has 0 aliphatic carbocycles. The number of aryl methyl sites for hydroxylation is 1. The number of aromatic amines is 1. The average Bonchev–Trinajstić information content (AvgIpc) is 3.13. The van der Waals surface area contributed by atoms with Crippen molar-refractivity contribution in [2.75, 3.05) is 12.4 Å². The van der Waals surface area contributed by atoms with Crippen LogP contribution >= 0.6 is 0 Å². The quantitative estimate of drug-likeness (QED) is 0.171. The van der Waals surface area contributed by atoms with Gasteiger partial charge in [0, 0.05) is 10.8 Å². The second kappa shape index (κ2) is 10.1. The maximum Gasteiger partial charge on any atom is 0.299 e. The standard InChI is InChI=1S/C22H20N4O10S3/c1-13-20(22(28)26(25-13)14-5-7-15(8-6-14)37(29,30)12-11-27)24-23-18-10-9-16-17(21(18)39(34,35)36)3-2-4-19(16)38(31,32)33/h2-10,25,27H,11-12H2,1H3,(H,31,32,33)(H,34,35,36). The van der Waals surface area contributed by atoms with Crippen LogP contribution in [0.3, 0.4) is 0 Å². The Hall–Kier alpha value is -3.74. The van der Waals surface area contributed by atoms with Gasteiger partial charge < -0.3 is 5.11 Å². The fraction of sp³-hybridized carbons (Fsp3) is 0.136. The zero-order chi connectivity index (χ0) is 28.8. The molecule has 0 aliphatic rings. The van der Waals surface area contributed by atoms with Crippen LogP contribution in [0.4, 0.5) is 11.4 Å². The van der Waals surface area contributed by atoms with Crippen LogP contribution in [0.25, 0.3) is 16.5 Å². The molecule has 0 saturated heterocycles. The highest BCUT2D eigenvalue weighted by molar-refractivity contribution is 7.91. The van der Waals surface area contributed by atoms with Crippen molar-refractivity contribution in [2.45, 2.75) is 21.6 Å². The van der Waals surface area contributed by atoms with Crippen molar-refractivity contribution >= 4 is 52.2 Å². The number of nitrogens with zero attached hydrogens (tertiary/aromatic N) is 3. The largest absolute Gasteiger partial charge is 0.395 e. The van der Waals surface area contributed by atoms with Gasteiger partial charge >= 0.3 is 0 Å². The number of aromatic nitrogens is 2. The summed E-state index contributed by atoms with van der Waals surface area (Å²) in [6, 6.07) is 10.9. The van der Waals surface area contributed by atoms with E-state index < -0.39 is 63.5 Å². The summed E-state index contributed by atoms with van der Waals surface area (Å²) in [5.41, 5.74) is -0.911. The minimum Gasteiger partial charge on any atom is -0.395 e. The van der Waals surface area contributed by atoms with Gasteiger partial charge in [-0.3, -0.25) is 19.0 Å². The van der Waals surface area contributed by atoms with Crippen molar-refractivity contribution in [1.29, 1.82) is 0 Å². The maximum atomic E-state index is 13.0. The Kier molecular flexibility index (Phi) is 7.32. The van der Waals surface area contributed by atoms with Gasteiger partial charge in [0.1, 0.15) is 15.5 Å². The number of rotatable bonds is 8. The minimum absolute atomic E-state index is 0.0530. The summed E-state index contributed by atoms with van der Waals surface area (Å²) >= 11 is 0. The molecular weight excluding hydrogens is 576 g/mol. The Morgan fingerprint density at radius 3 is 2.10 bits per heavy atom. The number of H-pyrrole nitrogens is 1. The molecule has 39 heavy (non-hydrogen) atoms. The van der Waals surface area contributed by atoms with E-state index in [4.69, 9.17) is 5.11 Å². The maximum absolute atomic E-state index is 13.0. The van der Waals surface area contributed by atoms with Gasteiger partial charge in [-0.05, 0) is 43.3 Å². The monoisotopic (exact) mass is 596 g/mol. The SMILES string of the molecule is Cc1[nH]n(-c2ccc(S(=O)(=O)CCO)cc2)c(=O)c1N=Nc1ccc2c(S(=O)(=O)O)cccc2c1S(=O)(=O)O. The van der Waals surface area contributed by atoms with E-state index in [0.29, 0.717) is 0 Å². The summed E-state index contributed by atoms with van der Waals surface area (Å²) in [5.74, 6) is -0.462. The number of benzene rings is 3. The number of fused-ring (bicyclic) bond motifs is 1. The summed E-state index contributed by atoms with van der Waals surface area (Å²) in [6.45, 7) is 0.931. The molecule has 0 aliphatic heterocycles. The number of azo groups is 1. The second-order valence-electron chi connectivity index (χ2n) is 8.18. The fourth-order valence-electron chi connectivity index (χ4n) is 3.85. The highest BCUT2D eigenvalue weighted by Crippen LogP contribution is 2.36. The molecule has 0 fully saturated rings. The van der Waals surface area contributed by atoms with E-state index in [1.54, 1.807) is 0 Å². The van der Waals surface area contributed by atoms with E-state index in [0.717, 1.165) is 28.9 Å². The molecule has 0 bridgehead atoms. The molecule has 0 unspecified atom stereocenters. The lowest BCUT2D eigenvalue weighted by Crippen LogP contribution is -2.15. The molecule has 206 valence electrons. The third-order valence-corrected chi connectivity index (χ3v) is 9.17. The van der Waals surface area contributed by atoms with Gasteiger partial charge in [-0.25, -0.2) is 13.1 Å². The van der Waals surface area contributed by atoms with Crippen molar-refractivity contribution in [2.24, 2.45) is 10.2 Å². The first-order valence-electron chi connectivity index (χ1n) is 10.8. The van der Waals surface area contributed by atoms with Crippen molar-refractivity contribution in [3.05, 3.63) is 70.6 Å². The number of hydrogen-bond acceptors (Lipinski definition) is 10. The number of sulfone groups is 1. The average molecular weight is 597 g/mol. The van der Waals surface area contributed by atoms with Crippen LogP contribution in [0.15, 0.2) is 84.3 Å². The van der Waals surface area contributed by atoms with E-state index in [2.05, 4.69) is 15.3 Å². The molecule has 4 rings (SSSR count). The molecule has 4 aromatic rings. The van der Waals surface area contributed by atoms with Crippen LogP contribution < -0.4 is 5.56 Å². The fourth-order valence-corrected chi connectivity index (χ4v) is 6.41. The van der Waals surface area contributed by atoms with Crippen LogP contribution in [0.5, 0.6) is 0 Å². The summed E-state index contributed by atoms with van der Waals surface area (Å²) in [6.07, 6.45) is 0. The first-order chi connectivity index (χ1) is 18.1. The van der Waals surface area contributed by atoms with Gasteiger partial charge in [0.2, 0.25) is 0 Å². The third-order valence-electron chi connectivity index (χ3n) is 5.60. The lowest BCUT2D eigenvalue weighted by atomic mass is 10.1. The summed E-state index contributed by atoms with van der Waals surface area (Å²) < 4.78 is 92.5. The zero-order valence-electron chi connectivity index (χ0n) is 19.9. The summed E-state index contributed by atoms with van der Waals surface area (Å²) in [7, 11) is -13.4. The van der Waals surface area contributed by atoms with Crippen LogP contribution in [-0.4, -0.2) is 61.6 Å². The van der Waals surface area contributed by atoms with Crippen molar-refractivity contribution in [1.82, 2.24) is 9.78 Å². The topological polar surface area (TPSA) is 226 Å². The van der Waals surface area contributed by atoms with Gasteiger partial charge in [0.25, 0.3) is 25.8 Å². The Balaban J connectivity index is 1.80. The molecule has 4 N–H and O–H groups in total. The number of aliphatic hydroxyl groups is 1. The number of nitrogens with one attached hydrogen (secondary N) is 1. The van der Waals surface area contributed by atoms with Crippen molar-refractivity contribution in [3.8, 4) is 5.69 Å². The molecule has 0 amide bonds. The van der Waals surface area contributed by atoms with Crippen molar-refractivity contribution in [3.63, 3.8) is 0 Å². The zero-order valence-corrected chi connectivity index (χ0v) is 22.3. The summed E-state index contributed by atoms with van der Waals surface area (Å²) in [4.78, 5) is 11.6. The lowest BCUT2D eigenvalue weighted by Gasteiger charge is -2.09. The highest BCUT2D eigenvalue weighted by atomic mass is 32.2. The predicted octanol–water partition coefficient (Wildman–Crippen LogP) is 2.30. The van der Waals surface area contributed by atoms with Gasteiger partial charge in [-0.2, -0.15) is 16.8 Å². The molecule has 17 heteroatoms. The van der Waals surface area contributed by atoms with Gasteiger partial charge in [-0.1, -0.05) is 18.2 Å². The van der Waals surface area contributed by atoms with E-state index in [1.165, 1.54) is 37.3 Å². The molecule has 14 nitrogen and oxygen atoms in total. The molecule has 0 radical (unpaired) electrons. The molecule has 1 aromatic heterocycles. The van der Waals surface area contributed by atoms with Crippen molar-refractivity contribution < 1.29 is 39.5 Å². The second-order valence-corrected chi connectivity index (χ2v) is 13.0. The lowest BCUT2D eigenvalue weighted by molar-refractivity contribution is 0.319. The molecule has 3 aromatic carbocycles. The Morgan fingerprint density at radius 1 is 0.846 bits per heavy atom. The normalized spacial score (nSPS) is 12.9. The third kappa shape index (κ3) is 5.54. The molecule has 0 spiro atoms. The van der Waals surface area contributed by atoms with Gasteiger partial charge in [0.05, 0.1) is 28.6 Å². The number of aliphatic hydroxyl groups excluding tert-OH is 1. The van der Waals surface area contributed by atoms with Crippen LogP contribution in [0, 0.1) is 6.92 Å². The number of hydrogen-bond donors (Lipinski definition) is 4. The summed E-state index contributed by atoms with van der Waals surface area (Å²) in [5, 5.41) is 18.9. The smallest absolute Gasteiger partial charge is 0.299 e. The Bertz CT molecular complexity index is 2010. The van der Waals surface area contributed by atoms with Gasteiger partial charge in [0.15, 0.2) is 15.5 Å². The van der Waals surface area contributed by atoms with E-state index >= 15 is 0 Å². The van der Waals surface area contributed by atoms with E-state index in [-0.39, 0.29) is 32.7 Å². The first kappa shape index (κ1) is 28.3. The van der Waals surface area contributed by atoms with E-state index in [1.807, 2.05) is 0 Å². The Labute approximate surface area is 221 Å². The van der Waals surface area contributed by atoms with E-state index in [9.17, 15) is 39.2 Å². The first-order valence-corrected chi connectivity index (χ1v) is 15.4. The predicted molar refractivity (Wildman–Crippen MR) is 138 cm³/mol. The van der Waals surface area contributed by atoms with Gasteiger partial charge in [-0.15, -0.1) is 10.2 Å². The molecule has 1 heterocycles. The molecular formula is C22H20N4O10S3. The minimum atomic E-state index is -4.99. The van der Waals surface area contributed by atoms with Crippen LogP contribution in [0.2, 0.25) is 0 Å². The molecule has 0 atom stereocenters. The van der Waals surface area contributed by atoms with Crippen LogP contribution in [0.1, 0.15) is 5.69 Å². The molecule has 0 saturated carbocycles. The highest BCUT2D eigenvalue weighted by Gasteiger charge is 2.24. The van der Waals surface area contributed by atoms with Crippen LogP contribution in [-0.2, 0) is 30.1 Å².